The molecule has 2 aromatic rings. The van der Waals surface area contributed by atoms with Gasteiger partial charge in [-0.2, -0.15) is 13.2 Å². The van der Waals surface area contributed by atoms with Crippen LogP contribution >= 0.6 is 0 Å². The summed E-state index contributed by atoms with van der Waals surface area (Å²) in [4.78, 5) is 21.7. The van der Waals surface area contributed by atoms with Gasteiger partial charge in [0, 0.05) is 18.2 Å². The number of halogens is 3. The number of benzene rings is 2. The minimum atomic E-state index is -4.58. The van der Waals surface area contributed by atoms with E-state index in [2.05, 4.69) is 5.32 Å². The van der Waals surface area contributed by atoms with Crippen LogP contribution in [0.25, 0.3) is 6.08 Å². The van der Waals surface area contributed by atoms with Gasteiger partial charge in [0.2, 0.25) is 5.91 Å². The molecule has 1 N–H and O–H groups in total. The Labute approximate surface area is 134 Å². The Morgan fingerprint density at radius 1 is 1.08 bits per heavy atom. The van der Waals surface area contributed by atoms with Crippen LogP contribution in [0.5, 0.6) is 0 Å². The van der Waals surface area contributed by atoms with E-state index < -0.39 is 22.6 Å². The lowest BCUT2D eigenvalue weighted by molar-refractivity contribution is -0.384. The van der Waals surface area contributed by atoms with Gasteiger partial charge in [0.1, 0.15) is 0 Å². The monoisotopic (exact) mass is 336 g/mol. The van der Waals surface area contributed by atoms with Crippen LogP contribution < -0.4 is 5.32 Å². The zero-order valence-electron chi connectivity index (χ0n) is 12.1. The Balaban J connectivity index is 2.10. The lowest BCUT2D eigenvalue weighted by Gasteiger charge is -2.12. The Hall–Kier alpha value is -3.16. The Morgan fingerprint density at radius 2 is 1.71 bits per heavy atom. The second kappa shape index (κ2) is 6.95. The van der Waals surface area contributed by atoms with E-state index in [0.717, 1.165) is 18.2 Å². The number of hydrogen-bond acceptors (Lipinski definition) is 3. The number of hydrogen-bond donors (Lipinski definition) is 1. The summed E-state index contributed by atoms with van der Waals surface area (Å²) in [6.07, 6.45) is -2.18. The van der Waals surface area contributed by atoms with Crippen LogP contribution in [-0.2, 0) is 11.0 Å². The number of non-ortho nitro benzene ring substituents is 1. The highest BCUT2D eigenvalue weighted by Gasteiger charge is 2.33. The first-order valence-corrected chi connectivity index (χ1v) is 6.67. The van der Waals surface area contributed by atoms with Gasteiger partial charge in [0.05, 0.1) is 16.2 Å². The SMILES string of the molecule is O=C(/C=C/c1ccc([N+](=O)[O-])cc1)Nc1ccccc1C(F)(F)F. The van der Waals surface area contributed by atoms with Crippen LogP contribution in [0.4, 0.5) is 24.5 Å². The first-order chi connectivity index (χ1) is 11.3. The molecule has 0 spiro atoms. The summed E-state index contributed by atoms with van der Waals surface area (Å²) in [5.41, 5.74) is -0.888. The van der Waals surface area contributed by atoms with Gasteiger partial charge in [-0.1, -0.05) is 12.1 Å². The number of rotatable bonds is 4. The zero-order chi connectivity index (χ0) is 17.7. The molecule has 0 fully saturated rings. The van der Waals surface area contributed by atoms with Crippen molar-refractivity contribution >= 4 is 23.4 Å². The fourth-order valence-electron chi connectivity index (χ4n) is 1.89. The molecule has 0 bridgehead atoms. The van der Waals surface area contributed by atoms with Crippen LogP contribution in [-0.4, -0.2) is 10.8 Å². The standard InChI is InChI=1S/C16H11F3N2O3/c17-16(18,19)13-3-1-2-4-14(13)20-15(22)10-7-11-5-8-12(9-6-11)21(23)24/h1-10H,(H,20,22)/b10-7+. The number of nitrogens with zero attached hydrogens (tertiary/aromatic N) is 1. The van der Waals surface area contributed by atoms with Gasteiger partial charge in [-0.05, 0) is 35.9 Å². The molecular formula is C16H11F3N2O3. The molecule has 124 valence electrons. The summed E-state index contributed by atoms with van der Waals surface area (Å²) in [7, 11) is 0. The number of para-hydroxylation sites is 1. The Morgan fingerprint density at radius 3 is 2.29 bits per heavy atom. The molecule has 0 saturated carbocycles. The van der Waals surface area contributed by atoms with E-state index in [1.807, 2.05) is 0 Å². The van der Waals surface area contributed by atoms with E-state index in [4.69, 9.17) is 0 Å². The van der Waals surface area contributed by atoms with Crippen molar-refractivity contribution in [3.05, 3.63) is 75.8 Å². The maximum absolute atomic E-state index is 12.8. The summed E-state index contributed by atoms with van der Waals surface area (Å²) in [6, 6.07) is 10.00. The fourth-order valence-corrected chi connectivity index (χ4v) is 1.89. The van der Waals surface area contributed by atoms with Crippen LogP contribution in [0.2, 0.25) is 0 Å². The van der Waals surface area contributed by atoms with Crippen LogP contribution in [0, 0.1) is 10.1 Å². The lowest BCUT2D eigenvalue weighted by Crippen LogP contribution is -2.14. The Kier molecular flexibility index (Phi) is 4.98. The molecule has 0 radical (unpaired) electrons. The van der Waals surface area contributed by atoms with Crippen LogP contribution in [0.15, 0.2) is 54.6 Å². The quantitative estimate of drug-likeness (QED) is 0.515. The second-order valence-corrected chi connectivity index (χ2v) is 4.71. The lowest BCUT2D eigenvalue weighted by atomic mass is 10.1. The first-order valence-electron chi connectivity index (χ1n) is 6.67. The van der Waals surface area contributed by atoms with Crippen molar-refractivity contribution < 1.29 is 22.9 Å². The third-order valence-electron chi connectivity index (χ3n) is 3.02. The molecule has 0 aliphatic heterocycles. The largest absolute Gasteiger partial charge is 0.418 e. The minimum absolute atomic E-state index is 0.101. The van der Waals surface area contributed by atoms with Crippen molar-refractivity contribution in [2.45, 2.75) is 6.18 Å². The molecule has 2 aromatic carbocycles. The number of anilines is 1. The van der Waals surface area contributed by atoms with E-state index >= 15 is 0 Å². The minimum Gasteiger partial charge on any atom is -0.322 e. The molecule has 8 heteroatoms. The van der Waals surface area contributed by atoms with Gasteiger partial charge in [-0.3, -0.25) is 14.9 Å². The number of nitrogens with one attached hydrogen (secondary N) is 1. The summed E-state index contributed by atoms with van der Waals surface area (Å²) < 4.78 is 38.5. The van der Waals surface area contributed by atoms with Crippen LogP contribution in [0.1, 0.15) is 11.1 Å². The van der Waals surface area contributed by atoms with E-state index in [1.165, 1.54) is 42.5 Å². The van der Waals surface area contributed by atoms with Gasteiger partial charge in [-0.25, -0.2) is 0 Å². The molecule has 0 aliphatic rings. The van der Waals surface area contributed by atoms with Crippen molar-refractivity contribution in [1.82, 2.24) is 0 Å². The maximum atomic E-state index is 12.8. The first kappa shape index (κ1) is 17.2. The predicted molar refractivity (Wildman–Crippen MR) is 82.2 cm³/mol. The van der Waals surface area contributed by atoms with Crippen molar-refractivity contribution in [1.29, 1.82) is 0 Å². The van der Waals surface area contributed by atoms with Gasteiger partial charge >= 0.3 is 6.18 Å². The number of amides is 1. The Bertz CT molecular complexity index is 784. The number of nitro groups is 1. The normalized spacial score (nSPS) is 11.5. The zero-order valence-corrected chi connectivity index (χ0v) is 12.1. The molecule has 1 amide bonds. The molecular weight excluding hydrogens is 325 g/mol. The second-order valence-electron chi connectivity index (χ2n) is 4.71. The topological polar surface area (TPSA) is 72.2 Å². The van der Waals surface area contributed by atoms with Crippen molar-refractivity contribution in [2.75, 3.05) is 5.32 Å². The third-order valence-corrected chi connectivity index (χ3v) is 3.02. The summed E-state index contributed by atoms with van der Waals surface area (Å²) in [5, 5.41) is 12.7. The molecule has 24 heavy (non-hydrogen) atoms. The van der Waals surface area contributed by atoms with Gasteiger partial charge in [0.15, 0.2) is 0 Å². The summed E-state index contributed by atoms with van der Waals surface area (Å²) >= 11 is 0. The van der Waals surface area contributed by atoms with E-state index in [9.17, 15) is 28.1 Å². The molecule has 5 nitrogen and oxygen atoms in total. The van der Waals surface area contributed by atoms with Gasteiger partial charge in [0.25, 0.3) is 5.69 Å². The van der Waals surface area contributed by atoms with E-state index in [0.29, 0.717) is 5.56 Å². The fraction of sp³-hybridized carbons (Fsp3) is 0.0625. The van der Waals surface area contributed by atoms with Gasteiger partial charge < -0.3 is 5.32 Å². The van der Waals surface area contributed by atoms with E-state index in [-0.39, 0.29) is 11.4 Å². The molecule has 0 unspecified atom stereocenters. The van der Waals surface area contributed by atoms with Crippen molar-refractivity contribution in [3.63, 3.8) is 0 Å². The molecule has 0 aromatic heterocycles. The molecule has 0 saturated heterocycles. The van der Waals surface area contributed by atoms with E-state index in [1.54, 1.807) is 0 Å². The molecule has 0 aliphatic carbocycles. The highest BCUT2D eigenvalue weighted by atomic mass is 19.4. The highest BCUT2D eigenvalue weighted by molar-refractivity contribution is 6.02. The molecule has 0 atom stereocenters. The summed E-state index contributed by atoms with van der Waals surface area (Å²) in [5.74, 6) is -0.745. The maximum Gasteiger partial charge on any atom is 0.418 e. The van der Waals surface area contributed by atoms with Crippen molar-refractivity contribution in [2.24, 2.45) is 0 Å². The number of carbonyl (C=O) groups excluding carboxylic acids is 1. The van der Waals surface area contributed by atoms with Crippen molar-refractivity contribution in [3.8, 4) is 0 Å². The highest BCUT2D eigenvalue weighted by Crippen LogP contribution is 2.34. The average Bonchev–Trinajstić information content (AvgIpc) is 2.53. The number of nitro benzene ring substituents is 1. The number of carbonyl (C=O) groups is 1. The molecule has 0 heterocycles. The third kappa shape index (κ3) is 4.42. The predicted octanol–water partition coefficient (Wildman–Crippen LogP) is 4.27. The molecule has 2 rings (SSSR count). The average molecular weight is 336 g/mol. The smallest absolute Gasteiger partial charge is 0.322 e. The van der Waals surface area contributed by atoms with Gasteiger partial charge in [-0.15, -0.1) is 0 Å². The summed E-state index contributed by atoms with van der Waals surface area (Å²) in [6.45, 7) is 0. The number of alkyl halides is 3. The van der Waals surface area contributed by atoms with Crippen LogP contribution in [0.3, 0.4) is 0 Å².